The number of carbonyl (C=O) groups excluding carboxylic acids is 2. The molecule has 1 aliphatic carbocycles. The van der Waals surface area contributed by atoms with Crippen LogP contribution in [0.25, 0.3) is 21.8 Å². The van der Waals surface area contributed by atoms with Gasteiger partial charge >= 0.3 is 16.2 Å². The molecule has 6 heterocycles. The molecule has 0 bridgehead atoms. The third-order valence-electron chi connectivity index (χ3n) is 14.0. The van der Waals surface area contributed by atoms with Gasteiger partial charge in [0, 0.05) is 63.7 Å². The summed E-state index contributed by atoms with van der Waals surface area (Å²) in [4.78, 5) is 48.7. The molecular formula is C44H46F3N11O6S. The second-order valence-corrected chi connectivity index (χ2v) is 19.5. The van der Waals surface area contributed by atoms with E-state index in [4.69, 9.17) is 4.74 Å². The zero-order chi connectivity index (χ0) is 45.4. The van der Waals surface area contributed by atoms with E-state index in [0.717, 1.165) is 68.1 Å². The number of anilines is 3. The van der Waals surface area contributed by atoms with Gasteiger partial charge in [-0.15, -0.1) is 0 Å². The Balaban J connectivity index is 0.762. The van der Waals surface area contributed by atoms with Crippen LogP contribution in [-0.2, 0) is 22.1 Å². The predicted octanol–water partition coefficient (Wildman–Crippen LogP) is 5.46. The number of urea groups is 1. The lowest BCUT2D eigenvalue weighted by Crippen LogP contribution is -2.53. The lowest BCUT2D eigenvalue weighted by Gasteiger charge is -2.54. The molecule has 1 spiro atoms. The number of nitriles is 1. The van der Waals surface area contributed by atoms with Crippen molar-refractivity contribution in [3.8, 4) is 17.6 Å². The molecule has 2 aromatic heterocycles. The quantitative estimate of drug-likeness (QED) is 0.191. The van der Waals surface area contributed by atoms with Crippen LogP contribution in [0.15, 0.2) is 53.6 Å². The van der Waals surface area contributed by atoms with Crippen molar-refractivity contribution in [1.82, 2.24) is 33.9 Å². The number of alkyl halides is 1. The number of aryl methyl sites for hydroxylation is 1. The van der Waals surface area contributed by atoms with Crippen molar-refractivity contribution < 1.29 is 35.9 Å². The summed E-state index contributed by atoms with van der Waals surface area (Å²) in [5.41, 5.74) is 0.768. The molecule has 5 aliphatic rings. The molecule has 1 atom stereocenters. The highest BCUT2D eigenvalue weighted by Crippen LogP contribution is 2.55. The zero-order valence-corrected chi connectivity index (χ0v) is 36.3. The van der Waals surface area contributed by atoms with Gasteiger partial charge in [0.25, 0.3) is 5.56 Å². The average Bonchev–Trinajstić information content (AvgIpc) is 3.86. The summed E-state index contributed by atoms with van der Waals surface area (Å²) in [6, 6.07) is 11.3. The summed E-state index contributed by atoms with van der Waals surface area (Å²) in [6.45, 7) is 3.04. The van der Waals surface area contributed by atoms with Crippen molar-refractivity contribution in [1.29, 1.82) is 5.26 Å². The van der Waals surface area contributed by atoms with E-state index in [-0.39, 0.29) is 78.0 Å². The van der Waals surface area contributed by atoms with E-state index in [1.807, 2.05) is 6.07 Å². The lowest BCUT2D eigenvalue weighted by atomic mass is 9.60. The highest BCUT2D eigenvalue weighted by Gasteiger charge is 2.48. The van der Waals surface area contributed by atoms with Crippen molar-refractivity contribution in [2.75, 3.05) is 60.3 Å². The average molecular weight is 914 g/mol. The number of amides is 3. The summed E-state index contributed by atoms with van der Waals surface area (Å²) in [7, 11) is -2.48. The topological polar surface area (TPSA) is 191 Å². The summed E-state index contributed by atoms with van der Waals surface area (Å²) < 4.78 is 82.8. The van der Waals surface area contributed by atoms with Crippen LogP contribution in [0, 0.1) is 28.4 Å². The Morgan fingerprint density at radius 3 is 2.40 bits per heavy atom. The minimum Gasteiger partial charge on any atom is -0.453 e. The minimum atomic E-state index is -4.24. The molecule has 340 valence electrons. The van der Waals surface area contributed by atoms with Crippen molar-refractivity contribution in [3.05, 3.63) is 76.3 Å². The van der Waals surface area contributed by atoms with Gasteiger partial charge in [0.1, 0.15) is 29.4 Å². The molecular weight excluding hydrogens is 868 g/mol. The Labute approximate surface area is 371 Å². The van der Waals surface area contributed by atoms with Gasteiger partial charge < -0.3 is 14.5 Å². The van der Waals surface area contributed by atoms with E-state index >= 15 is 8.78 Å². The molecule has 65 heavy (non-hydrogen) atoms. The maximum absolute atomic E-state index is 15.8. The van der Waals surface area contributed by atoms with Crippen molar-refractivity contribution in [2.45, 2.75) is 69.6 Å². The fourth-order valence-electron chi connectivity index (χ4n) is 10.4. The van der Waals surface area contributed by atoms with E-state index in [2.05, 4.69) is 29.9 Å². The molecule has 5 aromatic rings. The molecule has 0 radical (unpaired) electrons. The number of ether oxygens (including phenoxy) is 1. The molecule has 3 amide bonds. The number of halogens is 3. The molecule has 4 saturated heterocycles. The first kappa shape index (κ1) is 42.7. The third-order valence-corrected chi connectivity index (χ3v) is 15.5. The van der Waals surface area contributed by atoms with E-state index in [1.165, 1.54) is 23.1 Å². The van der Waals surface area contributed by atoms with Gasteiger partial charge in [-0.05, 0) is 106 Å². The SMILES string of the molecule is Cn1nc(N2CCC(=O)NC2=O)c2cc(F)c(N3CCC(N4CCC5(CC4)CC(n4cnc6ccc(Oc7c(F)ccc(NS(=O)(=O)N8CC[C@@H](F)C8)c7C#N)cc6c4=O)C5)CC3)cc21. The van der Waals surface area contributed by atoms with Crippen molar-refractivity contribution in [3.63, 3.8) is 0 Å². The summed E-state index contributed by atoms with van der Waals surface area (Å²) >= 11 is 0. The number of fused-ring (bicyclic) bond motifs is 2. The van der Waals surface area contributed by atoms with Gasteiger partial charge in [-0.1, -0.05) is 0 Å². The van der Waals surface area contributed by atoms with E-state index in [9.17, 15) is 32.5 Å². The standard InChI is InChI=1S/C44H46F3N11O6S/c1-53-37-20-38(34(47)19-31(37)41(51-53)57-15-9-39(59)50-43(57)61)55-12-7-27(8-13-55)54-16-10-44(11-17-54)21-28(22-44)58-25-49-35-4-2-29(18-30(35)42(58)60)64-40-32(23-48)36(5-3-33(40)46)52-65(62,63)56-14-6-26(45)24-56/h2-5,18-20,25-28,52H,6-17,21-22,24H2,1H3,(H,50,59,61)/t26-/m1/s1. The van der Waals surface area contributed by atoms with Gasteiger partial charge in [0.2, 0.25) is 5.91 Å². The smallest absolute Gasteiger partial charge is 0.329 e. The normalized spacial score (nSPS) is 21.2. The molecule has 5 fully saturated rings. The first-order valence-corrected chi connectivity index (χ1v) is 23.2. The Morgan fingerprint density at radius 2 is 1.69 bits per heavy atom. The van der Waals surface area contributed by atoms with Crippen LogP contribution in [0.2, 0.25) is 0 Å². The van der Waals surface area contributed by atoms with E-state index in [0.29, 0.717) is 47.1 Å². The number of imide groups is 1. The maximum Gasteiger partial charge on any atom is 0.329 e. The van der Waals surface area contributed by atoms with Gasteiger partial charge in [-0.2, -0.15) is 23.1 Å². The van der Waals surface area contributed by atoms with Gasteiger partial charge in [-0.25, -0.2) is 22.9 Å². The summed E-state index contributed by atoms with van der Waals surface area (Å²) in [5.74, 6) is -1.83. The van der Waals surface area contributed by atoms with Gasteiger partial charge in [0.15, 0.2) is 17.4 Å². The number of carbonyl (C=O) groups is 2. The zero-order valence-electron chi connectivity index (χ0n) is 35.5. The fourth-order valence-corrected chi connectivity index (χ4v) is 11.6. The minimum absolute atomic E-state index is 0.0368. The number of piperidine rings is 2. The predicted molar refractivity (Wildman–Crippen MR) is 234 cm³/mol. The number of hydrogen-bond acceptors (Lipinski definition) is 11. The van der Waals surface area contributed by atoms with E-state index < -0.39 is 39.5 Å². The number of nitrogens with one attached hydrogen (secondary N) is 2. The third kappa shape index (κ3) is 7.80. The second-order valence-electron chi connectivity index (χ2n) is 17.8. The van der Waals surface area contributed by atoms with Crippen LogP contribution in [0.5, 0.6) is 11.5 Å². The molecule has 10 rings (SSSR count). The van der Waals surface area contributed by atoms with Crippen LogP contribution >= 0.6 is 0 Å². The van der Waals surface area contributed by atoms with E-state index in [1.54, 1.807) is 34.8 Å². The Morgan fingerprint density at radius 1 is 0.923 bits per heavy atom. The first-order chi connectivity index (χ1) is 31.2. The highest BCUT2D eigenvalue weighted by molar-refractivity contribution is 7.90. The Kier molecular flexibility index (Phi) is 10.7. The highest BCUT2D eigenvalue weighted by atomic mass is 32.2. The lowest BCUT2D eigenvalue weighted by molar-refractivity contribution is -0.120. The van der Waals surface area contributed by atoms with Crippen LogP contribution in [0.4, 0.5) is 35.2 Å². The number of likely N-dealkylation sites (tertiary alicyclic amines) is 1. The van der Waals surface area contributed by atoms with Gasteiger partial charge in [0.05, 0.1) is 34.1 Å². The molecule has 0 unspecified atom stereocenters. The largest absolute Gasteiger partial charge is 0.453 e. The first-order valence-electron chi connectivity index (χ1n) is 21.8. The van der Waals surface area contributed by atoms with Crippen LogP contribution in [-0.4, -0.2) is 107 Å². The van der Waals surface area contributed by atoms with Crippen molar-refractivity contribution in [2.24, 2.45) is 12.5 Å². The van der Waals surface area contributed by atoms with Crippen LogP contribution < -0.4 is 30.1 Å². The number of rotatable bonds is 9. The monoisotopic (exact) mass is 913 g/mol. The Bertz CT molecular complexity index is 2970. The van der Waals surface area contributed by atoms with Gasteiger partial charge in [-0.3, -0.25) is 33.8 Å². The molecule has 2 N–H and O–H groups in total. The fraction of sp³-hybridized carbons (Fsp3) is 0.455. The maximum atomic E-state index is 15.8. The molecule has 3 aromatic carbocycles. The molecule has 17 nitrogen and oxygen atoms in total. The summed E-state index contributed by atoms with van der Waals surface area (Å²) in [6.07, 6.45) is 5.83. The van der Waals surface area contributed by atoms with Crippen LogP contribution in [0.1, 0.15) is 63.0 Å². The van der Waals surface area contributed by atoms with Crippen molar-refractivity contribution >= 4 is 61.1 Å². The summed E-state index contributed by atoms with van der Waals surface area (Å²) in [5, 5.41) is 17.5. The number of aromatic nitrogens is 4. The molecule has 1 saturated carbocycles. The van der Waals surface area contributed by atoms with Crippen LogP contribution in [0.3, 0.4) is 0 Å². The number of benzene rings is 3. The second kappa shape index (κ2) is 16.3. The number of hydrogen-bond donors (Lipinski definition) is 2. The molecule has 4 aliphatic heterocycles. The molecule has 21 heteroatoms. The number of nitrogens with zero attached hydrogens (tertiary/aromatic N) is 9. The Hall–Kier alpha value is -6.24.